The van der Waals surface area contributed by atoms with Gasteiger partial charge in [-0.25, -0.2) is 4.99 Å². The zero-order chi connectivity index (χ0) is 11.8. The summed E-state index contributed by atoms with van der Waals surface area (Å²) in [5.74, 6) is 0.803. The van der Waals surface area contributed by atoms with E-state index in [1.807, 2.05) is 24.3 Å². The van der Waals surface area contributed by atoms with Crippen LogP contribution in [-0.2, 0) is 11.2 Å². The van der Waals surface area contributed by atoms with Gasteiger partial charge in [0.25, 0.3) is 0 Å². The van der Waals surface area contributed by atoms with Crippen LogP contribution in [0.5, 0.6) is 5.75 Å². The van der Waals surface area contributed by atoms with E-state index in [2.05, 4.69) is 15.8 Å². The molecule has 1 atom stereocenters. The SMILES string of the molecule is COC=NC(C#N)Cc1ccc(OC)cc1. The summed E-state index contributed by atoms with van der Waals surface area (Å²) >= 11 is 0. The van der Waals surface area contributed by atoms with Gasteiger partial charge in [-0.05, 0) is 17.7 Å². The van der Waals surface area contributed by atoms with Crippen LogP contribution < -0.4 is 4.74 Å². The molecule has 1 aromatic carbocycles. The van der Waals surface area contributed by atoms with E-state index in [1.165, 1.54) is 13.5 Å². The molecule has 4 heteroatoms. The van der Waals surface area contributed by atoms with Crippen molar-refractivity contribution in [2.24, 2.45) is 4.99 Å². The number of hydrogen-bond donors (Lipinski definition) is 0. The van der Waals surface area contributed by atoms with Crippen molar-refractivity contribution in [3.63, 3.8) is 0 Å². The van der Waals surface area contributed by atoms with Gasteiger partial charge in [-0.2, -0.15) is 5.26 Å². The molecule has 0 aliphatic rings. The minimum atomic E-state index is -0.409. The van der Waals surface area contributed by atoms with Crippen molar-refractivity contribution < 1.29 is 9.47 Å². The predicted octanol–water partition coefficient (Wildman–Crippen LogP) is 1.80. The van der Waals surface area contributed by atoms with Crippen LogP contribution in [0.15, 0.2) is 29.3 Å². The summed E-state index contributed by atoms with van der Waals surface area (Å²) in [7, 11) is 3.13. The number of hydrogen-bond acceptors (Lipinski definition) is 4. The number of nitrogens with zero attached hydrogens (tertiary/aromatic N) is 2. The average molecular weight is 218 g/mol. The Morgan fingerprint density at radius 3 is 2.56 bits per heavy atom. The summed E-state index contributed by atoms with van der Waals surface area (Å²) in [4.78, 5) is 3.96. The third-order valence-electron chi connectivity index (χ3n) is 2.08. The molecule has 0 spiro atoms. The van der Waals surface area contributed by atoms with Crippen LogP contribution in [0.1, 0.15) is 5.56 Å². The lowest BCUT2D eigenvalue weighted by Crippen LogP contribution is -2.06. The van der Waals surface area contributed by atoms with Crippen LogP contribution in [-0.4, -0.2) is 26.7 Å². The molecule has 0 N–H and O–H groups in total. The van der Waals surface area contributed by atoms with Gasteiger partial charge in [0.05, 0.1) is 20.3 Å². The second kappa shape index (κ2) is 6.46. The lowest BCUT2D eigenvalue weighted by atomic mass is 10.1. The van der Waals surface area contributed by atoms with Crippen LogP contribution in [0.25, 0.3) is 0 Å². The van der Waals surface area contributed by atoms with Crippen molar-refractivity contribution >= 4 is 6.40 Å². The number of nitriles is 1. The lowest BCUT2D eigenvalue weighted by molar-refractivity contribution is 0.414. The highest BCUT2D eigenvalue weighted by Crippen LogP contribution is 2.13. The van der Waals surface area contributed by atoms with Crippen LogP contribution >= 0.6 is 0 Å². The van der Waals surface area contributed by atoms with Gasteiger partial charge in [0.15, 0.2) is 6.40 Å². The maximum absolute atomic E-state index is 8.87. The molecule has 0 aliphatic heterocycles. The smallest absolute Gasteiger partial charge is 0.170 e. The highest BCUT2D eigenvalue weighted by atomic mass is 16.5. The van der Waals surface area contributed by atoms with Crippen molar-refractivity contribution in [1.29, 1.82) is 5.26 Å². The van der Waals surface area contributed by atoms with E-state index in [0.717, 1.165) is 11.3 Å². The lowest BCUT2D eigenvalue weighted by Gasteiger charge is -2.05. The Morgan fingerprint density at radius 2 is 2.06 bits per heavy atom. The molecule has 84 valence electrons. The molecule has 0 aliphatic carbocycles. The molecule has 0 bridgehead atoms. The molecule has 0 fully saturated rings. The van der Waals surface area contributed by atoms with Crippen molar-refractivity contribution in [3.05, 3.63) is 29.8 Å². The number of aliphatic imine (C=N–C) groups is 1. The Bertz CT molecular complexity index is 379. The number of methoxy groups -OCH3 is 2. The highest BCUT2D eigenvalue weighted by Gasteiger charge is 2.05. The van der Waals surface area contributed by atoms with Crippen LogP contribution in [0.3, 0.4) is 0 Å². The van der Waals surface area contributed by atoms with Crippen molar-refractivity contribution in [2.45, 2.75) is 12.5 Å². The third-order valence-corrected chi connectivity index (χ3v) is 2.08. The molecule has 1 rings (SSSR count). The highest BCUT2D eigenvalue weighted by molar-refractivity contribution is 5.47. The maximum Gasteiger partial charge on any atom is 0.170 e. The van der Waals surface area contributed by atoms with Gasteiger partial charge in [0.1, 0.15) is 11.8 Å². The van der Waals surface area contributed by atoms with Gasteiger partial charge >= 0.3 is 0 Å². The summed E-state index contributed by atoms with van der Waals surface area (Å²) in [5.41, 5.74) is 1.04. The normalized spacial score (nSPS) is 12.1. The Balaban J connectivity index is 2.64. The molecule has 0 saturated heterocycles. The fraction of sp³-hybridized carbons (Fsp3) is 0.333. The summed E-state index contributed by atoms with van der Waals surface area (Å²) < 4.78 is 9.74. The zero-order valence-corrected chi connectivity index (χ0v) is 9.38. The largest absolute Gasteiger partial charge is 0.497 e. The summed E-state index contributed by atoms with van der Waals surface area (Å²) in [6.45, 7) is 0. The molecular formula is C12H14N2O2. The molecule has 0 heterocycles. The van der Waals surface area contributed by atoms with E-state index in [0.29, 0.717) is 6.42 Å². The van der Waals surface area contributed by atoms with Crippen LogP contribution in [0.4, 0.5) is 0 Å². The molecule has 1 unspecified atom stereocenters. The van der Waals surface area contributed by atoms with Gasteiger partial charge in [-0.3, -0.25) is 0 Å². The van der Waals surface area contributed by atoms with Crippen molar-refractivity contribution in [3.8, 4) is 11.8 Å². The first-order valence-corrected chi connectivity index (χ1v) is 4.87. The Labute approximate surface area is 95.1 Å². The molecule has 0 saturated carbocycles. The summed E-state index contributed by atoms with van der Waals surface area (Å²) in [5, 5.41) is 8.87. The van der Waals surface area contributed by atoms with Crippen LogP contribution in [0.2, 0.25) is 0 Å². The molecule has 4 nitrogen and oxygen atoms in total. The quantitative estimate of drug-likeness (QED) is 0.559. The minimum Gasteiger partial charge on any atom is -0.497 e. The van der Waals surface area contributed by atoms with Crippen molar-refractivity contribution in [2.75, 3.05) is 14.2 Å². The minimum absolute atomic E-state index is 0.409. The second-order valence-corrected chi connectivity index (χ2v) is 3.19. The molecule has 0 amide bonds. The van der Waals surface area contributed by atoms with E-state index in [4.69, 9.17) is 10.00 Å². The fourth-order valence-corrected chi connectivity index (χ4v) is 1.25. The molecule has 0 radical (unpaired) electrons. The molecule has 1 aromatic rings. The van der Waals surface area contributed by atoms with Gasteiger partial charge < -0.3 is 9.47 Å². The fourth-order valence-electron chi connectivity index (χ4n) is 1.25. The van der Waals surface area contributed by atoms with Crippen LogP contribution in [0, 0.1) is 11.3 Å². The first kappa shape index (κ1) is 12.1. The first-order valence-electron chi connectivity index (χ1n) is 4.87. The predicted molar refractivity (Wildman–Crippen MR) is 61.6 cm³/mol. The standard InChI is InChI=1S/C12H14N2O2/c1-15-9-14-11(8-13)7-10-3-5-12(16-2)6-4-10/h3-6,9,11H,7H2,1-2H3. The van der Waals surface area contributed by atoms with E-state index >= 15 is 0 Å². The van der Waals surface area contributed by atoms with E-state index in [9.17, 15) is 0 Å². The first-order chi connectivity index (χ1) is 7.80. The Kier molecular flexibility index (Phi) is 4.87. The molecule has 16 heavy (non-hydrogen) atoms. The summed E-state index contributed by atoms with van der Waals surface area (Å²) in [6, 6.07) is 9.27. The van der Waals surface area contributed by atoms with Gasteiger partial charge in [-0.15, -0.1) is 0 Å². The molecular weight excluding hydrogens is 204 g/mol. The van der Waals surface area contributed by atoms with Crippen molar-refractivity contribution in [1.82, 2.24) is 0 Å². The number of ether oxygens (including phenoxy) is 2. The topological polar surface area (TPSA) is 54.6 Å². The van der Waals surface area contributed by atoms with Gasteiger partial charge in [0, 0.05) is 6.42 Å². The number of rotatable bonds is 5. The monoisotopic (exact) mass is 218 g/mol. The Hall–Kier alpha value is -2.02. The molecule has 0 aromatic heterocycles. The second-order valence-electron chi connectivity index (χ2n) is 3.19. The zero-order valence-electron chi connectivity index (χ0n) is 9.38. The van der Waals surface area contributed by atoms with E-state index < -0.39 is 6.04 Å². The Morgan fingerprint density at radius 1 is 1.38 bits per heavy atom. The van der Waals surface area contributed by atoms with Gasteiger partial charge in [-0.1, -0.05) is 12.1 Å². The average Bonchev–Trinajstić information content (AvgIpc) is 2.35. The summed E-state index contributed by atoms with van der Waals surface area (Å²) in [6.07, 6.45) is 1.86. The van der Waals surface area contributed by atoms with Gasteiger partial charge in [0.2, 0.25) is 0 Å². The maximum atomic E-state index is 8.87. The van der Waals surface area contributed by atoms with E-state index in [1.54, 1.807) is 7.11 Å². The third kappa shape index (κ3) is 3.62. The number of benzene rings is 1. The van der Waals surface area contributed by atoms with E-state index in [-0.39, 0.29) is 0 Å².